The molecule has 4 aromatic rings. The molecule has 4 aromatic carbocycles. The number of allylic oxidation sites excluding steroid dienone is 1. The van der Waals surface area contributed by atoms with E-state index in [-0.39, 0.29) is 11.5 Å². The zero-order valence-electron chi connectivity index (χ0n) is 25.5. The molecule has 230 valence electrons. The Bertz CT molecular complexity index is 1690. The Morgan fingerprint density at radius 2 is 1.38 bits per heavy atom. The van der Waals surface area contributed by atoms with Crippen LogP contribution in [0.5, 0.6) is 23.0 Å². The third kappa shape index (κ3) is 8.61. The van der Waals surface area contributed by atoms with E-state index in [1.54, 1.807) is 72.8 Å². The van der Waals surface area contributed by atoms with Gasteiger partial charge < -0.3 is 29.6 Å². The summed E-state index contributed by atoms with van der Waals surface area (Å²) in [4.78, 5) is 39.3. The maximum Gasteiger partial charge on any atom is 0.272 e. The fourth-order valence-electron chi connectivity index (χ4n) is 4.29. The van der Waals surface area contributed by atoms with E-state index in [4.69, 9.17) is 18.9 Å². The second-order valence-electron chi connectivity index (χ2n) is 9.56. The molecule has 4 rings (SSSR count). The number of methoxy groups -OCH3 is 3. The molecule has 0 fully saturated rings. The molecule has 9 nitrogen and oxygen atoms in total. The molecule has 0 saturated carbocycles. The van der Waals surface area contributed by atoms with E-state index in [0.717, 1.165) is 11.3 Å². The largest absolute Gasteiger partial charge is 0.496 e. The van der Waals surface area contributed by atoms with Gasteiger partial charge in [-0.3, -0.25) is 14.4 Å². The fraction of sp³-hybridized carbons (Fsp3) is 0.139. The van der Waals surface area contributed by atoms with Gasteiger partial charge in [-0.15, -0.1) is 0 Å². The Labute approximate surface area is 262 Å². The molecule has 0 atom stereocenters. The minimum Gasteiger partial charge on any atom is -0.496 e. The molecule has 0 unspecified atom stereocenters. The topological polar surface area (TPSA) is 112 Å². The summed E-state index contributed by atoms with van der Waals surface area (Å²) in [5, 5.41) is 5.49. The summed E-state index contributed by atoms with van der Waals surface area (Å²) in [5.74, 6) is 0.748. The lowest BCUT2D eigenvalue weighted by Gasteiger charge is -2.15. The lowest BCUT2D eigenvalue weighted by molar-refractivity contribution is -0.113. The fourth-order valence-corrected chi connectivity index (χ4v) is 4.29. The third-order valence-electron chi connectivity index (χ3n) is 6.61. The molecule has 0 aromatic heterocycles. The predicted molar refractivity (Wildman–Crippen MR) is 174 cm³/mol. The average Bonchev–Trinajstić information content (AvgIpc) is 3.08. The van der Waals surface area contributed by atoms with Gasteiger partial charge in [0.05, 0.1) is 27.9 Å². The number of hydrogen-bond acceptors (Lipinski definition) is 7. The normalized spacial score (nSPS) is 11.1. The number of ether oxygens (including phenoxy) is 4. The maximum absolute atomic E-state index is 13.5. The summed E-state index contributed by atoms with van der Waals surface area (Å²) < 4.78 is 21.7. The van der Waals surface area contributed by atoms with Gasteiger partial charge in [0.1, 0.15) is 17.2 Å². The van der Waals surface area contributed by atoms with Gasteiger partial charge >= 0.3 is 0 Å². The molecule has 9 heteroatoms. The molecule has 0 radical (unpaired) electrons. The zero-order valence-corrected chi connectivity index (χ0v) is 25.5. The summed E-state index contributed by atoms with van der Waals surface area (Å²) in [6.45, 7) is 2.50. The Balaban J connectivity index is 1.55. The maximum atomic E-state index is 13.5. The first-order chi connectivity index (χ1) is 21.8. The Hall–Kier alpha value is -5.83. The number of hydrogen-bond donors (Lipinski definition) is 2. The third-order valence-corrected chi connectivity index (χ3v) is 6.61. The van der Waals surface area contributed by atoms with Crippen LogP contribution in [0.2, 0.25) is 0 Å². The molecule has 2 amide bonds. The van der Waals surface area contributed by atoms with Gasteiger partial charge in [-0.1, -0.05) is 36.4 Å². The van der Waals surface area contributed by atoms with Gasteiger partial charge in [0.2, 0.25) is 0 Å². The summed E-state index contributed by atoms with van der Waals surface area (Å²) in [6.07, 6.45) is 4.70. The summed E-state index contributed by atoms with van der Waals surface area (Å²) in [7, 11) is 4.48. The number of ketones is 1. The number of carbonyl (C=O) groups excluding carboxylic acids is 3. The van der Waals surface area contributed by atoms with Gasteiger partial charge in [0.15, 0.2) is 17.3 Å². The van der Waals surface area contributed by atoms with Crippen molar-refractivity contribution >= 4 is 35.4 Å². The number of amides is 2. The summed E-state index contributed by atoms with van der Waals surface area (Å²) >= 11 is 0. The first kappa shape index (κ1) is 32.1. The first-order valence-corrected chi connectivity index (χ1v) is 14.1. The summed E-state index contributed by atoms with van der Waals surface area (Å²) in [5.41, 5.74) is 2.52. The van der Waals surface area contributed by atoms with Crippen LogP contribution in [-0.4, -0.2) is 45.5 Å². The molecule has 0 bridgehead atoms. The van der Waals surface area contributed by atoms with Crippen LogP contribution >= 0.6 is 0 Å². The SMILES string of the molecule is CCOc1ccc(/C=C/C(=O)c2ccc(NC(=O)/C(=C/c3cc(OC)c(OC)cc3OC)NC(=O)c3ccccc3)cc2)cc1. The molecule has 0 heterocycles. The van der Waals surface area contributed by atoms with Crippen molar-refractivity contribution < 1.29 is 33.3 Å². The van der Waals surface area contributed by atoms with Gasteiger partial charge in [0, 0.05) is 28.4 Å². The first-order valence-electron chi connectivity index (χ1n) is 14.1. The Morgan fingerprint density at radius 3 is 2.00 bits per heavy atom. The van der Waals surface area contributed by atoms with Crippen LogP contribution in [0.25, 0.3) is 12.2 Å². The van der Waals surface area contributed by atoms with E-state index >= 15 is 0 Å². The Morgan fingerprint density at radius 1 is 0.733 bits per heavy atom. The van der Waals surface area contributed by atoms with Gasteiger partial charge in [0.25, 0.3) is 11.8 Å². The lowest BCUT2D eigenvalue weighted by atomic mass is 10.1. The van der Waals surface area contributed by atoms with Crippen molar-refractivity contribution in [2.24, 2.45) is 0 Å². The van der Waals surface area contributed by atoms with Gasteiger partial charge in [-0.2, -0.15) is 0 Å². The van der Waals surface area contributed by atoms with E-state index in [2.05, 4.69) is 10.6 Å². The Kier molecular flexibility index (Phi) is 11.1. The van der Waals surface area contributed by atoms with E-state index in [0.29, 0.717) is 46.2 Å². The number of anilines is 1. The number of rotatable bonds is 13. The second-order valence-corrected chi connectivity index (χ2v) is 9.56. The molecule has 0 aliphatic heterocycles. The molecular weight excluding hydrogens is 572 g/mol. The molecular formula is C36H34N2O7. The molecule has 0 saturated heterocycles. The van der Waals surface area contributed by atoms with Crippen LogP contribution < -0.4 is 29.6 Å². The average molecular weight is 607 g/mol. The lowest BCUT2D eigenvalue weighted by Crippen LogP contribution is -2.30. The van der Waals surface area contributed by atoms with Crippen molar-refractivity contribution in [2.45, 2.75) is 6.92 Å². The molecule has 0 spiro atoms. The van der Waals surface area contributed by atoms with Crippen LogP contribution in [0.3, 0.4) is 0 Å². The number of nitrogens with one attached hydrogen (secondary N) is 2. The predicted octanol–water partition coefficient (Wildman–Crippen LogP) is 6.42. The van der Waals surface area contributed by atoms with Crippen molar-refractivity contribution in [3.63, 3.8) is 0 Å². The van der Waals surface area contributed by atoms with Crippen LogP contribution in [0.4, 0.5) is 5.69 Å². The standard InChI is InChI=1S/C36H34N2O7/c1-5-45-29-18-11-24(12-19-29)13-20-31(39)25-14-16-28(17-15-25)37-36(41)30(38-35(40)26-9-7-6-8-10-26)21-27-22-33(43-3)34(44-4)23-32(27)42-2/h6-23H,5H2,1-4H3,(H,37,41)(H,38,40)/b20-13+,30-21-. The highest BCUT2D eigenvalue weighted by molar-refractivity contribution is 6.11. The highest BCUT2D eigenvalue weighted by Crippen LogP contribution is 2.35. The number of carbonyl (C=O) groups is 3. The summed E-state index contributed by atoms with van der Waals surface area (Å²) in [6, 6.07) is 25.7. The monoisotopic (exact) mass is 606 g/mol. The minimum absolute atomic E-state index is 0.0483. The van der Waals surface area contributed by atoms with Crippen molar-refractivity contribution in [3.05, 3.63) is 125 Å². The second kappa shape index (κ2) is 15.6. The van der Waals surface area contributed by atoms with Crippen molar-refractivity contribution in [2.75, 3.05) is 33.3 Å². The van der Waals surface area contributed by atoms with Crippen LogP contribution in [0.15, 0.2) is 103 Å². The van der Waals surface area contributed by atoms with Gasteiger partial charge in [-0.05, 0) is 79.2 Å². The number of benzene rings is 4. The quantitative estimate of drug-likeness (QED) is 0.134. The molecule has 0 aliphatic carbocycles. The van der Waals surface area contributed by atoms with Crippen molar-refractivity contribution in [3.8, 4) is 23.0 Å². The zero-order chi connectivity index (χ0) is 32.2. The van der Waals surface area contributed by atoms with Crippen molar-refractivity contribution in [1.29, 1.82) is 0 Å². The highest BCUT2D eigenvalue weighted by atomic mass is 16.5. The van der Waals surface area contributed by atoms with Gasteiger partial charge in [-0.25, -0.2) is 0 Å². The smallest absolute Gasteiger partial charge is 0.272 e. The molecule has 0 aliphatic rings. The van der Waals surface area contributed by atoms with Crippen LogP contribution in [-0.2, 0) is 4.79 Å². The minimum atomic E-state index is -0.592. The molecule has 45 heavy (non-hydrogen) atoms. The highest BCUT2D eigenvalue weighted by Gasteiger charge is 2.18. The van der Waals surface area contributed by atoms with Crippen LogP contribution in [0.1, 0.15) is 38.8 Å². The van der Waals surface area contributed by atoms with E-state index in [1.165, 1.54) is 33.5 Å². The van der Waals surface area contributed by atoms with Crippen molar-refractivity contribution in [1.82, 2.24) is 5.32 Å². The van der Waals surface area contributed by atoms with E-state index in [9.17, 15) is 14.4 Å². The van der Waals surface area contributed by atoms with E-state index < -0.39 is 11.8 Å². The molecule has 2 N–H and O–H groups in total. The van der Waals surface area contributed by atoms with Crippen LogP contribution in [0, 0.1) is 0 Å². The van der Waals surface area contributed by atoms with E-state index in [1.807, 2.05) is 31.2 Å².